The van der Waals surface area contributed by atoms with Crippen LogP contribution in [-0.4, -0.2) is 11.0 Å². The number of anilines is 2. The highest BCUT2D eigenvalue weighted by Crippen LogP contribution is 2.40. The van der Waals surface area contributed by atoms with Gasteiger partial charge >= 0.3 is 0 Å². The number of hydrogen-bond acceptors (Lipinski definition) is 4. The van der Waals surface area contributed by atoms with Crippen LogP contribution in [0.25, 0.3) is 5.70 Å². The van der Waals surface area contributed by atoms with Crippen LogP contribution in [0.15, 0.2) is 49.2 Å². The molecule has 1 fully saturated rings. The van der Waals surface area contributed by atoms with Gasteiger partial charge in [0.25, 0.3) is 0 Å². The van der Waals surface area contributed by atoms with Crippen LogP contribution in [0.3, 0.4) is 0 Å². The Morgan fingerprint density at radius 1 is 1.13 bits per heavy atom. The Balaban J connectivity index is 1.73. The van der Waals surface area contributed by atoms with Crippen molar-refractivity contribution in [3.63, 3.8) is 0 Å². The number of nitriles is 1. The van der Waals surface area contributed by atoms with Gasteiger partial charge in [-0.1, -0.05) is 58.2 Å². The van der Waals surface area contributed by atoms with Gasteiger partial charge in [-0.15, -0.1) is 0 Å². The van der Waals surface area contributed by atoms with E-state index < -0.39 is 0 Å². The maximum atomic E-state index is 9.72. The zero-order valence-electron chi connectivity index (χ0n) is 18.4. The Labute approximate surface area is 181 Å². The molecule has 0 radical (unpaired) electrons. The molecule has 0 bridgehead atoms. The quantitative estimate of drug-likeness (QED) is 0.455. The van der Waals surface area contributed by atoms with Crippen LogP contribution in [-0.2, 0) is 5.41 Å². The monoisotopic (exact) mass is 402 g/mol. The highest BCUT2D eigenvalue weighted by Gasteiger charge is 2.35. The highest BCUT2D eigenvalue weighted by atomic mass is 15.0. The Kier molecular flexibility index (Phi) is 7.52. The van der Waals surface area contributed by atoms with Crippen molar-refractivity contribution in [1.29, 1.82) is 5.26 Å². The molecule has 0 amide bonds. The first-order valence-corrected chi connectivity index (χ1v) is 11.3. The first kappa shape index (κ1) is 21.9. The Hall–Kier alpha value is -2.80. The molecule has 0 unspecified atom stereocenters. The minimum atomic E-state index is -0.302. The molecule has 0 atom stereocenters. The summed E-state index contributed by atoms with van der Waals surface area (Å²) in [6.07, 6.45) is 10.6. The average Bonchev–Trinajstić information content (AvgIpc) is 3.25. The molecular weight excluding hydrogens is 368 g/mol. The molecule has 158 valence electrons. The molecule has 1 heterocycles. The van der Waals surface area contributed by atoms with Crippen LogP contribution >= 0.6 is 0 Å². The summed E-state index contributed by atoms with van der Waals surface area (Å²) in [6.45, 7) is 8.70. The lowest BCUT2D eigenvalue weighted by atomic mass is 9.80. The minimum Gasteiger partial charge on any atom is -0.367 e. The van der Waals surface area contributed by atoms with E-state index in [9.17, 15) is 5.26 Å². The number of benzene rings is 1. The van der Waals surface area contributed by atoms with Gasteiger partial charge in [-0.3, -0.25) is 0 Å². The smallest absolute Gasteiger partial charge is 0.135 e. The molecule has 3 rings (SSSR count). The van der Waals surface area contributed by atoms with Crippen molar-refractivity contribution >= 4 is 17.2 Å². The first-order valence-electron chi connectivity index (χ1n) is 11.3. The van der Waals surface area contributed by atoms with E-state index in [-0.39, 0.29) is 5.41 Å². The summed E-state index contributed by atoms with van der Waals surface area (Å²) in [6, 6.07) is 15.3. The lowest BCUT2D eigenvalue weighted by Gasteiger charge is -2.22. The van der Waals surface area contributed by atoms with Gasteiger partial charge in [-0.2, -0.15) is 5.26 Å². The van der Waals surface area contributed by atoms with Crippen molar-refractivity contribution in [1.82, 2.24) is 4.98 Å². The van der Waals surface area contributed by atoms with Crippen LogP contribution in [0.5, 0.6) is 0 Å². The zero-order valence-corrected chi connectivity index (χ0v) is 18.4. The van der Waals surface area contributed by atoms with E-state index in [1.807, 2.05) is 12.3 Å². The second kappa shape index (κ2) is 10.3. The Morgan fingerprint density at radius 2 is 1.80 bits per heavy atom. The normalized spacial score (nSPS) is 15.0. The Bertz CT molecular complexity index is 867. The van der Waals surface area contributed by atoms with E-state index in [1.54, 1.807) is 0 Å². The summed E-state index contributed by atoms with van der Waals surface area (Å²) in [5.41, 5.74) is 3.61. The summed E-state index contributed by atoms with van der Waals surface area (Å²) in [5.74, 6) is 0.882. The standard InChI is InChI=1S/C26H34N4/c1-4-9-22(10-5-2)30-25-24(11-8-18-28-25)20(3)29-23-14-12-21(13-15-23)26(19-27)16-6-7-17-26/h8,11-15,18,22,29H,3-7,9-10,16-17H2,1-2H3,(H,28,30). The zero-order chi connectivity index (χ0) is 21.4. The fraction of sp³-hybridized carbons (Fsp3) is 0.462. The van der Waals surface area contributed by atoms with E-state index in [0.717, 1.165) is 79.7 Å². The van der Waals surface area contributed by atoms with Gasteiger partial charge in [-0.25, -0.2) is 4.98 Å². The lowest BCUT2D eigenvalue weighted by molar-refractivity contribution is 0.573. The Morgan fingerprint density at radius 3 is 2.40 bits per heavy atom. The molecule has 1 aromatic heterocycles. The fourth-order valence-corrected chi connectivity index (χ4v) is 4.50. The third kappa shape index (κ3) is 5.02. The molecule has 0 spiro atoms. The molecule has 2 aromatic rings. The van der Waals surface area contributed by atoms with E-state index in [2.05, 4.69) is 72.4 Å². The molecular formula is C26H34N4. The second-order valence-electron chi connectivity index (χ2n) is 8.40. The van der Waals surface area contributed by atoms with E-state index in [1.165, 1.54) is 0 Å². The summed E-state index contributed by atoms with van der Waals surface area (Å²) in [4.78, 5) is 4.58. The molecule has 1 aliphatic rings. The van der Waals surface area contributed by atoms with Crippen molar-refractivity contribution in [3.8, 4) is 6.07 Å². The third-order valence-corrected chi connectivity index (χ3v) is 6.15. The lowest BCUT2D eigenvalue weighted by Crippen LogP contribution is -2.21. The van der Waals surface area contributed by atoms with Crippen molar-refractivity contribution in [2.45, 2.75) is 76.7 Å². The van der Waals surface area contributed by atoms with Gasteiger partial charge in [0.05, 0.1) is 11.5 Å². The number of nitrogens with zero attached hydrogens (tertiary/aromatic N) is 2. The maximum Gasteiger partial charge on any atom is 0.135 e. The van der Waals surface area contributed by atoms with Crippen LogP contribution in [0.2, 0.25) is 0 Å². The van der Waals surface area contributed by atoms with Crippen molar-refractivity contribution in [2.75, 3.05) is 10.6 Å². The molecule has 30 heavy (non-hydrogen) atoms. The largest absolute Gasteiger partial charge is 0.367 e. The number of rotatable bonds is 10. The van der Waals surface area contributed by atoms with Crippen LogP contribution in [0.1, 0.15) is 76.3 Å². The topological polar surface area (TPSA) is 60.7 Å². The molecule has 4 heteroatoms. The van der Waals surface area contributed by atoms with Crippen molar-refractivity contribution < 1.29 is 0 Å². The number of aromatic nitrogens is 1. The number of hydrogen-bond donors (Lipinski definition) is 2. The van der Waals surface area contributed by atoms with Gasteiger partial charge in [0.2, 0.25) is 0 Å². The average molecular weight is 403 g/mol. The first-order chi connectivity index (χ1) is 14.6. The predicted octanol–water partition coefficient (Wildman–Crippen LogP) is 6.88. The second-order valence-corrected chi connectivity index (χ2v) is 8.40. The van der Waals surface area contributed by atoms with Gasteiger partial charge in [0.1, 0.15) is 5.82 Å². The molecule has 1 aliphatic carbocycles. The molecule has 1 saturated carbocycles. The summed E-state index contributed by atoms with van der Waals surface area (Å²) < 4.78 is 0. The highest BCUT2D eigenvalue weighted by molar-refractivity contribution is 5.80. The summed E-state index contributed by atoms with van der Waals surface area (Å²) in [5, 5.41) is 16.8. The molecule has 1 aromatic carbocycles. The number of pyridine rings is 1. The van der Waals surface area contributed by atoms with Gasteiger partial charge in [0, 0.05) is 29.2 Å². The van der Waals surface area contributed by atoms with E-state index in [4.69, 9.17) is 0 Å². The summed E-state index contributed by atoms with van der Waals surface area (Å²) in [7, 11) is 0. The van der Waals surface area contributed by atoms with E-state index >= 15 is 0 Å². The van der Waals surface area contributed by atoms with Gasteiger partial charge in [-0.05, 0) is 55.5 Å². The molecule has 0 aliphatic heterocycles. The van der Waals surface area contributed by atoms with E-state index in [0.29, 0.717) is 6.04 Å². The minimum absolute atomic E-state index is 0.302. The van der Waals surface area contributed by atoms with Gasteiger partial charge < -0.3 is 10.6 Å². The van der Waals surface area contributed by atoms with Crippen LogP contribution < -0.4 is 10.6 Å². The fourth-order valence-electron chi connectivity index (χ4n) is 4.50. The summed E-state index contributed by atoms with van der Waals surface area (Å²) >= 11 is 0. The maximum absolute atomic E-state index is 9.72. The van der Waals surface area contributed by atoms with Crippen LogP contribution in [0.4, 0.5) is 11.5 Å². The molecule has 0 saturated heterocycles. The van der Waals surface area contributed by atoms with Crippen molar-refractivity contribution in [2.24, 2.45) is 0 Å². The third-order valence-electron chi connectivity index (χ3n) is 6.15. The van der Waals surface area contributed by atoms with Gasteiger partial charge in [0.15, 0.2) is 0 Å². The predicted molar refractivity (Wildman–Crippen MR) is 126 cm³/mol. The SMILES string of the molecule is C=C(Nc1ccc(C2(C#N)CCCC2)cc1)c1cccnc1NC(CCC)CCC. The molecule has 4 nitrogen and oxygen atoms in total. The number of nitrogens with one attached hydrogen (secondary N) is 2. The molecule has 2 N–H and O–H groups in total. The van der Waals surface area contributed by atoms with Crippen LogP contribution in [0, 0.1) is 11.3 Å². The van der Waals surface area contributed by atoms with Crippen molar-refractivity contribution in [3.05, 3.63) is 60.3 Å².